The summed E-state index contributed by atoms with van der Waals surface area (Å²) in [6.07, 6.45) is 14.4. The van der Waals surface area contributed by atoms with Crippen LogP contribution in [0.2, 0.25) is 0 Å². The highest BCUT2D eigenvalue weighted by atomic mass is 16.6. The van der Waals surface area contributed by atoms with Crippen LogP contribution in [0.4, 0.5) is 4.79 Å². The first-order valence-electron chi connectivity index (χ1n) is 10.7. The van der Waals surface area contributed by atoms with Crippen molar-refractivity contribution >= 4 is 12.1 Å². The molecule has 2 fully saturated rings. The predicted molar refractivity (Wildman–Crippen MR) is 108 cm³/mol. The number of epoxide rings is 1. The summed E-state index contributed by atoms with van der Waals surface area (Å²) < 4.78 is 20.6. The Morgan fingerprint density at radius 2 is 2.13 bits per heavy atom. The van der Waals surface area contributed by atoms with E-state index in [-0.39, 0.29) is 42.2 Å². The molecular weight excluding hydrogens is 400 g/mol. The highest BCUT2D eigenvalue weighted by molar-refractivity contribution is 5.75. The SMILES string of the molecule is C[C@@]12CCC=C(COC(=O)n3ccnc3)CC[C@H]3C(Cn4ccnc4)C(=O)O[C@@H]3[C@@H]1O2. The first-order valence-corrected chi connectivity index (χ1v) is 10.7. The molecule has 31 heavy (non-hydrogen) atoms. The highest BCUT2D eigenvalue weighted by Gasteiger charge is 2.62. The lowest BCUT2D eigenvalue weighted by atomic mass is 9.80. The first-order chi connectivity index (χ1) is 15.0. The molecular formula is C22H26N4O5. The number of carbonyl (C=O) groups excluding carboxylic acids is 2. The average molecular weight is 426 g/mol. The van der Waals surface area contributed by atoms with Gasteiger partial charge in [-0.15, -0.1) is 0 Å². The van der Waals surface area contributed by atoms with Crippen LogP contribution < -0.4 is 0 Å². The minimum absolute atomic E-state index is 0.0348. The number of aromatic nitrogens is 4. The van der Waals surface area contributed by atoms with Crippen LogP contribution in [-0.4, -0.2) is 55.6 Å². The van der Waals surface area contributed by atoms with Gasteiger partial charge in [0.25, 0.3) is 0 Å². The smallest absolute Gasteiger partial charge is 0.419 e. The van der Waals surface area contributed by atoms with E-state index >= 15 is 0 Å². The maximum absolute atomic E-state index is 12.8. The number of esters is 1. The quantitative estimate of drug-likeness (QED) is 0.421. The minimum atomic E-state index is -0.455. The van der Waals surface area contributed by atoms with E-state index in [0.29, 0.717) is 6.54 Å². The molecule has 2 aromatic heterocycles. The molecule has 164 valence electrons. The molecule has 2 aromatic rings. The van der Waals surface area contributed by atoms with Crippen LogP contribution in [0.5, 0.6) is 0 Å². The molecule has 2 saturated heterocycles. The molecule has 0 aromatic carbocycles. The van der Waals surface area contributed by atoms with Gasteiger partial charge in [0.15, 0.2) is 0 Å². The van der Waals surface area contributed by atoms with E-state index < -0.39 is 6.09 Å². The Morgan fingerprint density at radius 3 is 2.90 bits per heavy atom. The van der Waals surface area contributed by atoms with Gasteiger partial charge >= 0.3 is 12.1 Å². The minimum Gasteiger partial charge on any atom is -0.459 e. The molecule has 9 heteroatoms. The lowest BCUT2D eigenvalue weighted by Crippen LogP contribution is -2.31. The van der Waals surface area contributed by atoms with Crippen LogP contribution in [0.1, 0.15) is 32.6 Å². The van der Waals surface area contributed by atoms with Gasteiger partial charge in [-0.2, -0.15) is 0 Å². The molecule has 9 nitrogen and oxygen atoms in total. The maximum Gasteiger partial charge on any atom is 0.419 e. The van der Waals surface area contributed by atoms with E-state index in [9.17, 15) is 9.59 Å². The van der Waals surface area contributed by atoms with Crippen molar-refractivity contribution in [2.45, 2.75) is 57.0 Å². The fourth-order valence-electron chi connectivity index (χ4n) is 4.81. The molecule has 5 atom stereocenters. The van der Waals surface area contributed by atoms with Crippen molar-refractivity contribution in [1.82, 2.24) is 19.1 Å². The Morgan fingerprint density at radius 1 is 1.29 bits per heavy atom. The molecule has 0 amide bonds. The Kier molecular flexibility index (Phi) is 5.13. The summed E-state index contributed by atoms with van der Waals surface area (Å²) in [6.45, 7) is 2.84. The first kappa shape index (κ1) is 20.0. The Bertz CT molecular complexity index is 970. The van der Waals surface area contributed by atoms with E-state index in [2.05, 4.69) is 23.0 Å². The lowest BCUT2D eigenvalue weighted by Gasteiger charge is -2.23. The van der Waals surface area contributed by atoms with Gasteiger partial charge < -0.3 is 18.8 Å². The standard InChI is InChI=1S/C22H26N4O5/c1-22-6-2-3-15(12-29-21(28)26-10-8-24-14-26)4-5-16-17(11-25-9-7-23-13-25)20(27)30-18(16)19(22)31-22/h3,7-10,13-14,16-19H,2,4-6,11-12H2,1H3/t16-,17?,18-,19-,22+/m0/s1. The Labute approximate surface area is 180 Å². The number of carbonyl (C=O) groups is 2. The van der Waals surface area contributed by atoms with Crippen LogP contribution in [0, 0.1) is 11.8 Å². The lowest BCUT2D eigenvalue weighted by molar-refractivity contribution is -0.145. The topological polar surface area (TPSA) is 101 Å². The summed E-state index contributed by atoms with van der Waals surface area (Å²) in [5, 5.41) is 0. The van der Waals surface area contributed by atoms with Crippen LogP contribution in [0.15, 0.2) is 49.1 Å². The molecule has 0 radical (unpaired) electrons. The van der Waals surface area contributed by atoms with E-state index in [4.69, 9.17) is 14.2 Å². The third kappa shape index (κ3) is 4.01. The zero-order valence-corrected chi connectivity index (χ0v) is 17.4. The normalized spacial score (nSPS) is 32.4. The second kappa shape index (κ2) is 7.96. The molecule has 0 bridgehead atoms. The molecule has 3 aliphatic rings. The van der Waals surface area contributed by atoms with Gasteiger partial charge in [-0.05, 0) is 38.2 Å². The van der Waals surface area contributed by atoms with Gasteiger partial charge in [0, 0.05) is 37.3 Å². The van der Waals surface area contributed by atoms with Gasteiger partial charge in [0.05, 0.1) is 17.8 Å². The predicted octanol–water partition coefficient (Wildman–Crippen LogP) is 2.58. The van der Waals surface area contributed by atoms with Gasteiger partial charge in [-0.25, -0.2) is 19.3 Å². The van der Waals surface area contributed by atoms with Crippen LogP contribution in [-0.2, 0) is 25.5 Å². The van der Waals surface area contributed by atoms with Crippen molar-refractivity contribution < 1.29 is 23.8 Å². The fourth-order valence-corrected chi connectivity index (χ4v) is 4.81. The average Bonchev–Trinajstić information content (AvgIpc) is 3.24. The van der Waals surface area contributed by atoms with Crippen molar-refractivity contribution in [3.63, 3.8) is 0 Å². The monoisotopic (exact) mass is 426 g/mol. The van der Waals surface area contributed by atoms with Crippen LogP contribution in [0.25, 0.3) is 0 Å². The van der Waals surface area contributed by atoms with E-state index in [1.165, 1.54) is 17.1 Å². The molecule has 0 N–H and O–H groups in total. The zero-order chi connectivity index (χ0) is 21.4. The summed E-state index contributed by atoms with van der Waals surface area (Å²) >= 11 is 0. The summed E-state index contributed by atoms with van der Waals surface area (Å²) in [4.78, 5) is 32.9. The number of nitrogens with zero attached hydrogens (tertiary/aromatic N) is 4. The summed E-state index contributed by atoms with van der Waals surface area (Å²) in [5.41, 5.74) is 0.773. The number of rotatable bonds is 4. The molecule has 1 aliphatic carbocycles. The van der Waals surface area contributed by atoms with Crippen molar-refractivity contribution in [2.24, 2.45) is 11.8 Å². The second-order valence-electron chi connectivity index (χ2n) is 8.75. The third-order valence-electron chi connectivity index (χ3n) is 6.67. The maximum atomic E-state index is 12.8. The largest absolute Gasteiger partial charge is 0.459 e. The van der Waals surface area contributed by atoms with Gasteiger partial charge in [-0.3, -0.25) is 4.79 Å². The number of imidazole rings is 2. The fraction of sp³-hybridized carbons (Fsp3) is 0.545. The summed E-state index contributed by atoms with van der Waals surface area (Å²) in [7, 11) is 0. The number of hydrogen-bond acceptors (Lipinski definition) is 7. The van der Waals surface area contributed by atoms with Crippen LogP contribution >= 0.6 is 0 Å². The van der Waals surface area contributed by atoms with Crippen molar-refractivity contribution in [3.8, 4) is 0 Å². The second-order valence-corrected chi connectivity index (χ2v) is 8.75. The summed E-state index contributed by atoms with van der Waals surface area (Å²) in [5.74, 6) is -0.382. The molecule has 2 aliphatic heterocycles. The number of hydrogen-bond donors (Lipinski definition) is 0. The molecule has 1 unspecified atom stereocenters. The van der Waals surface area contributed by atoms with Crippen LogP contribution in [0.3, 0.4) is 0 Å². The Balaban J connectivity index is 1.31. The van der Waals surface area contributed by atoms with E-state index in [0.717, 1.165) is 31.3 Å². The van der Waals surface area contributed by atoms with Gasteiger partial charge in [-0.1, -0.05) is 6.08 Å². The van der Waals surface area contributed by atoms with E-state index in [1.54, 1.807) is 18.7 Å². The van der Waals surface area contributed by atoms with Crippen molar-refractivity contribution in [3.05, 3.63) is 49.1 Å². The summed E-state index contributed by atoms with van der Waals surface area (Å²) in [6, 6.07) is 0. The van der Waals surface area contributed by atoms with Crippen molar-refractivity contribution in [2.75, 3.05) is 6.61 Å². The van der Waals surface area contributed by atoms with Crippen molar-refractivity contribution in [1.29, 1.82) is 0 Å². The van der Waals surface area contributed by atoms with Gasteiger partial charge in [0.2, 0.25) is 0 Å². The number of allylic oxidation sites excluding steroid dienone is 1. The highest BCUT2D eigenvalue weighted by Crippen LogP contribution is 2.50. The molecule has 5 rings (SSSR count). The van der Waals surface area contributed by atoms with Gasteiger partial charge in [0.1, 0.15) is 25.1 Å². The number of ether oxygens (including phenoxy) is 3. The zero-order valence-electron chi connectivity index (χ0n) is 17.4. The molecule has 0 spiro atoms. The number of fused-ring (bicyclic) bond motifs is 3. The Hall–Kier alpha value is -2.94. The molecule has 4 heterocycles. The van der Waals surface area contributed by atoms with E-state index in [1.807, 2.05) is 10.8 Å². The third-order valence-corrected chi connectivity index (χ3v) is 6.67. The molecule has 0 saturated carbocycles.